The normalized spacial score (nSPS) is 13.6. The van der Waals surface area contributed by atoms with Crippen LogP contribution in [-0.2, 0) is 6.54 Å². The maximum absolute atomic E-state index is 13.4. The number of hydrogen-bond donors (Lipinski definition) is 0. The van der Waals surface area contributed by atoms with Gasteiger partial charge in [0.1, 0.15) is 17.1 Å². The number of carbonyl (C=O) groups is 2. The van der Waals surface area contributed by atoms with E-state index in [-0.39, 0.29) is 23.8 Å². The molecule has 4 aromatic rings. The van der Waals surface area contributed by atoms with Crippen molar-refractivity contribution in [2.24, 2.45) is 0 Å². The fraction of sp³-hybridized carbons (Fsp3) is 0.192. The molecule has 4 heterocycles. The molecule has 0 atom stereocenters. The van der Waals surface area contributed by atoms with Gasteiger partial charge in [-0.25, -0.2) is 0 Å². The predicted octanol–water partition coefficient (Wildman–Crippen LogP) is 3.17. The number of benzene rings is 1. The Morgan fingerprint density at radius 1 is 1.00 bits per heavy atom. The summed E-state index contributed by atoms with van der Waals surface area (Å²) in [6.07, 6.45) is 1.61. The lowest BCUT2D eigenvalue weighted by Gasteiger charge is -2.36. The van der Waals surface area contributed by atoms with Gasteiger partial charge < -0.3 is 9.80 Å². The summed E-state index contributed by atoms with van der Waals surface area (Å²) in [5, 5.41) is 11.8. The topological polar surface area (TPSA) is 99.3 Å². The van der Waals surface area contributed by atoms with Gasteiger partial charge in [-0.1, -0.05) is 36.4 Å². The van der Waals surface area contributed by atoms with Crippen LogP contribution < -0.4 is 10.5 Å². The Balaban J connectivity index is 1.50. The first-order chi connectivity index (χ1) is 17.1. The van der Waals surface area contributed by atoms with Crippen molar-refractivity contribution in [2.75, 3.05) is 31.1 Å². The minimum Gasteiger partial charge on any atom is -0.365 e. The van der Waals surface area contributed by atoms with E-state index in [4.69, 9.17) is 0 Å². The van der Waals surface area contributed by atoms with Gasteiger partial charge in [-0.05, 0) is 23.6 Å². The first-order valence-corrected chi connectivity index (χ1v) is 12.0. The average Bonchev–Trinajstić information content (AvgIpc) is 3.45. The molecule has 35 heavy (non-hydrogen) atoms. The van der Waals surface area contributed by atoms with Gasteiger partial charge in [0.2, 0.25) is 0 Å². The van der Waals surface area contributed by atoms with E-state index in [9.17, 15) is 19.6 Å². The monoisotopic (exact) mass is 483 g/mol. The van der Waals surface area contributed by atoms with Crippen molar-refractivity contribution in [2.45, 2.75) is 6.54 Å². The van der Waals surface area contributed by atoms with Gasteiger partial charge in [-0.3, -0.25) is 23.9 Å². The van der Waals surface area contributed by atoms with Gasteiger partial charge >= 0.3 is 0 Å². The van der Waals surface area contributed by atoms with E-state index in [0.717, 1.165) is 0 Å². The highest BCUT2D eigenvalue weighted by molar-refractivity contribution is 7.12. The largest absolute Gasteiger partial charge is 0.365 e. The fourth-order valence-electron chi connectivity index (χ4n) is 4.37. The van der Waals surface area contributed by atoms with Crippen LogP contribution in [0.5, 0.6) is 0 Å². The molecule has 9 heteroatoms. The number of thiophene rings is 1. The minimum absolute atomic E-state index is 0.0158. The minimum atomic E-state index is -0.524. The third-order valence-corrected chi connectivity index (χ3v) is 6.98. The van der Waals surface area contributed by atoms with Crippen LogP contribution in [0.2, 0.25) is 0 Å². The van der Waals surface area contributed by atoms with E-state index in [1.54, 1.807) is 53.6 Å². The van der Waals surface area contributed by atoms with E-state index >= 15 is 0 Å². The molecule has 0 bridgehead atoms. The summed E-state index contributed by atoms with van der Waals surface area (Å²) >= 11 is 1.41. The number of nitriles is 1. The number of hydrogen-bond acceptors (Lipinski definition) is 7. The van der Waals surface area contributed by atoms with Crippen molar-refractivity contribution in [1.29, 1.82) is 5.26 Å². The molecule has 1 aliphatic rings. The number of nitrogens with zero attached hydrogens (tertiary/aromatic N) is 5. The first-order valence-electron chi connectivity index (χ1n) is 11.2. The van der Waals surface area contributed by atoms with Gasteiger partial charge in [0.05, 0.1) is 22.6 Å². The van der Waals surface area contributed by atoms with Gasteiger partial charge in [0, 0.05) is 37.9 Å². The second-order valence-electron chi connectivity index (χ2n) is 8.14. The molecule has 0 unspecified atom stereocenters. The summed E-state index contributed by atoms with van der Waals surface area (Å²) in [7, 11) is 0. The van der Waals surface area contributed by atoms with E-state index in [1.807, 2.05) is 22.4 Å². The summed E-state index contributed by atoms with van der Waals surface area (Å²) in [4.78, 5) is 48.0. The molecule has 174 valence electrons. The van der Waals surface area contributed by atoms with Crippen molar-refractivity contribution in [3.8, 4) is 6.07 Å². The van der Waals surface area contributed by atoms with E-state index in [2.05, 4.69) is 11.1 Å². The van der Waals surface area contributed by atoms with Crippen LogP contribution in [0.4, 0.5) is 5.69 Å². The molecule has 1 aromatic carbocycles. The van der Waals surface area contributed by atoms with Crippen molar-refractivity contribution >= 4 is 39.7 Å². The lowest BCUT2D eigenvalue weighted by molar-refractivity contribution is 0.0751. The number of anilines is 1. The van der Waals surface area contributed by atoms with Crippen molar-refractivity contribution in [1.82, 2.24) is 14.5 Å². The molecular formula is C26H21N5O3S. The van der Waals surface area contributed by atoms with Crippen LogP contribution in [0, 0.1) is 11.3 Å². The lowest BCUT2D eigenvalue weighted by atomic mass is 10.1. The zero-order chi connectivity index (χ0) is 24.4. The number of Topliss-reactive ketones (excluding diaryl/α,β-unsaturated/α-hetero) is 1. The smallest absolute Gasteiger partial charge is 0.271 e. The van der Waals surface area contributed by atoms with Crippen LogP contribution in [0.15, 0.2) is 71.0 Å². The van der Waals surface area contributed by atoms with Crippen LogP contribution in [0.25, 0.3) is 11.0 Å². The molecule has 1 amide bonds. The zero-order valence-electron chi connectivity index (χ0n) is 18.8. The molecule has 1 aliphatic heterocycles. The molecule has 0 N–H and O–H groups in total. The summed E-state index contributed by atoms with van der Waals surface area (Å²) in [6.45, 7) is 1.66. The number of fused-ring (bicyclic) bond motifs is 1. The van der Waals surface area contributed by atoms with E-state index < -0.39 is 5.56 Å². The Morgan fingerprint density at radius 2 is 1.77 bits per heavy atom. The van der Waals surface area contributed by atoms with Gasteiger partial charge in [0.25, 0.3) is 11.5 Å². The van der Waals surface area contributed by atoms with Crippen LogP contribution in [0.3, 0.4) is 0 Å². The number of amides is 1. The molecule has 8 nitrogen and oxygen atoms in total. The zero-order valence-corrected chi connectivity index (χ0v) is 19.6. The van der Waals surface area contributed by atoms with Crippen LogP contribution in [-0.4, -0.2) is 52.3 Å². The molecule has 0 saturated carbocycles. The van der Waals surface area contributed by atoms with E-state index in [1.165, 1.54) is 15.9 Å². The Labute approximate surface area is 205 Å². The summed E-state index contributed by atoms with van der Waals surface area (Å²) in [5.74, 6) is -0.242. The first kappa shape index (κ1) is 22.5. The number of pyridine rings is 2. The molecule has 0 aliphatic carbocycles. The van der Waals surface area contributed by atoms with Gasteiger partial charge in [-0.2, -0.15) is 5.26 Å². The molecular weight excluding hydrogens is 462 g/mol. The Kier molecular flexibility index (Phi) is 6.12. The van der Waals surface area contributed by atoms with Gasteiger partial charge in [-0.15, -0.1) is 11.3 Å². The molecule has 1 saturated heterocycles. The molecule has 3 aromatic heterocycles. The highest BCUT2D eigenvalue weighted by Crippen LogP contribution is 2.28. The maximum atomic E-state index is 13.4. The third-order valence-electron chi connectivity index (χ3n) is 6.12. The number of piperazine rings is 1. The average molecular weight is 484 g/mol. The van der Waals surface area contributed by atoms with Crippen molar-refractivity contribution in [3.05, 3.63) is 92.5 Å². The quantitative estimate of drug-likeness (QED) is 0.404. The summed E-state index contributed by atoms with van der Waals surface area (Å²) < 4.78 is 1.33. The van der Waals surface area contributed by atoms with Crippen molar-refractivity contribution < 1.29 is 9.59 Å². The van der Waals surface area contributed by atoms with Crippen molar-refractivity contribution in [3.63, 3.8) is 0 Å². The SMILES string of the molecule is N#Cc1c(N2CCN(C(=O)c3cccs3)CC2)c2ncccc2n(CC(=O)c2ccccc2)c1=O. The number of aromatic nitrogens is 2. The van der Waals surface area contributed by atoms with E-state index in [0.29, 0.717) is 53.3 Å². The molecule has 0 radical (unpaired) electrons. The number of ketones is 1. The predicted molar refractivity (Wildman–Crippen MR) is 134 cm³/mol. The van der Waals surface area contributed by atoms with Crippen LogP contribution >= 0.6 is 11.3 Å². The molecule has 1 fully saturated rings. The second kappa shape index (κ2) is 9.52. The second-order valence-corrected chi connectivity index (χ2v) is 9.09. The molecule has 5 rings (SSSR count). The highest BCUT2D eigenvalue weighted by atomic mass is 32.1. The Bertz CT molecular complexity index is 1500. The van der Waals surface area contributed by atoms with Gasteiger partial charge in [0.15, 0.2) is 5.78 Å². The van der Waals surface area contributed by atoms with Crippen LogP contribution in [0.1, 0.15) is 25.6 Å². The Hall–Kier alpha value is -4.29. The fourth-order valence-corrected chi connectivity index (χ4v) is 5.07. The number of rotatable bonds is 5. The third kappa shape index (κ3) is 4.20. The summed E-state index contributed by atoms with van der Waals surface area (Å²) in [6, 6.07) is 17.9. The summed E-state index contributed by atoms with van der Waals surface area (Å²) in [5.41, 5.74) is 1.36. The standard InChI is InChI=1S/C26H21N5O3S/c27-16-19-24(29-11-13-30(14-12-29)26(34)22-9-5-15-35-22)23-20(8-4-10-28-23)31(25(19)33)17-21(32)18-6-2-1-3-7-18/h1-10,15H,11-14,17H2. The Morgan fingerprint density at radius 3 is 2.46 bits per heavy atom. The highest BCUT2D eigenvalue weighted by Gasteiger charge is 2.28. The molecule has 0 spiro atoms. The lowest BCUT2D eigenvalue weighted by Crippen LogP contribution is -2.49. The number of carbonyl (C=O) groups excluding carboxylic acids is 2. The maximum Gasteiger partial charge on any atom is 0.271 e.